The van der Waals surface area contributed by atoms with Gasteiger partial charge in [-0.05, 0) is 55.9 Å². The van der Waals surface area contributed by atoms with Gasteiger partial charge in [-0.3, -0.25) is 4.99 Å². The van der Waals surface area contributed by atoms with E-state index in [1.165, 1.54) is 11.1 Å². The molecule has 0 saturated carbocycles. The molecule has 1 unspecified atom stereocenters. The van der Waals surface area contributed by atoms with Gasteiger partial charge in [0.05, 0.1) is 0 Å². The number of nitrogens with one attached hydrogen (secondary N) is 1. The molecule has 4 nitrogen and oxygen atoms in total. The molecule has 0 saturated heterocycles. The smallest absolute Gasteiger partial charge is 0.193 e. The SMILES string of the molecule is CCCC(CCO)CN=C(N)Nc1ccc(C)c(C)c1. The molecule has 0 aliphatic rings. The van der Waals surface area contributed by atoms with Crippen molar-refractivity contribution in [2.75, 3.05) is 18.5 Å². The number of benzene rings is 1. The molecule has 0 fully saturated rings. The van der Waals surface area contributed by atoms with Gasteiger partial charge < -0.3 is 16.2 Å². The first-order valence-corrected chi connectivity index (χ1v) is 7.31. The Balaban J connectivity index is 2.57. The Morgan fingerprint density at radius 2 is 2.05 bits per heavy atom. The topological polar surface area (TPSA) is 70.6 Å². The van der Waals surface area contributed by atoms with Gasteiger partial charge in [0, 0.05) is 18.8 Å². The van der Waals surface area contributed by atoms with Gasteiger partial charge >= 0.3 is 0 Å². The summed E-state index contributed by atoms with van der Waals surface area (Å²) in [7, 11) is 0. The highest BCUT2D eigenvalue weighted by Gasteiger charge is 2.06. The lowest BCUT2D eigenvalue weighted by Crippen LogP contribution is -2.24. The maximum absolute atomic E-state index is 9.02. The van der Waals surface area contributed by atoms with Crippen LogP contribution in [0.2, 0.25) is 0 Å². The summed E-state index contributed by atoms with van der Waals surface area (Å²) >= 11 is 0. The first kappa shape index (κ1) is 16.5. The normalized spacial score (nSPS) is 13.3. The molecule has 0 aromatic heterocycles. The number of aliphatic hydroxyl groups excluding tert-OH is 1. The average molecular weight is 277 g/mol. The molecular weight excluding hydrogens is 250 g/mol. The van der Waals surface area contributed by atoms with Gasteiger partial charge in [0.2, 0.25) is 0 Å². The van der Waals surface area contributed by atoms with Crippen molar-refractivity contribution in [2.45, 2.75) is 40.0 Å². The fourth-order valence-electron chi connectivity index (χ4n) is 2.15. The zero-order chi connectivity index (χ0) is 15.0. The summed E-state index contributed by atoms with van der Waals surface area (Å²) < 4.78 is 0. The van der Waals surface area contributed by atoms with E-state index in [2.05, 4.69) is 43.2 Å². The van der Waals surface area contributed by atoms with Crippen LogP contribution in [-0.4, -0.2) is 24.2 Å². The van der Waals surface area contributed by atoms with E-state index in [4.69, 9.17) is 10.8 Å². The Morgan fingerprint density at radius 1 is 1.30 bits per heavy atom. The highest BCUT2D eigenvalue weighted by molar-refractivity contribution is 5.92. The number of nitrogens with two attached hydrogens (primary N) is 1. The lowest BCUT2D eigenvalue weighted by Gasteiger charge is -2.13. The van der Waals surface area contributed by atoms with Gasteiger partial charge in [0.25, 0.3) is 0 Å². The predicted octanol–water partition coefficient (Wildman–Crippen LogP) is 2.83. The van der Waals surface area contributed by atoms with E-state index >= 15 is 0 Å². The van der Waals surface area contributed by atoms with E-state index in [1.807, 2.05) is 6.07 Å². The first-order valence-electron chi connectivity index (χ1n) is 7.31. The van der Waals surface area contributed by atoms with Gasteiger partial charge in [0.1, 0.15) is 0 Å². The molecule has 4 heteroatoms. The molecular formula is C16H27N3O. The molecule has 0 spiro atoms. The fourth-order valence-corrected chi connectivity index (χ4v) is 2.15. The van der Waals surface area contributed by atoms with Crippen molar-refractivity contribution in [3.63, 3.8) is 0 Å². The van der Waals surface area contributed by atoms with Crippen molar-refractivity contribution in [1.29, 1.82) is 0 Å². The number of hydrogen-bond acceptors (Lipinski definition) is 2. The van der Waals surface area contributed by atoms with E-state index in [1.54, 1.807) is 0 Å². The number of hydrogen-bond donors (Lipinski definition) is 3. The van der Waals surface area contributed by atoms with Gasteiger partial charge in [-0.15, -0.1) is 0 Å². The van der Waals surface area contributed by atoms with Crippen LogP contribution in [0.3, 0.4) is 0 Å². The fraction of sp³-hybridized carbons (Fsp3) is 0.562. The summed E-state index contributed by atoms with van der Waals surface area (Å²) in [6.45, 7) is 7.18. The standard InChI is InChI=1S/C16H27N3O/c1-4-5-14(8-9-20)11-18-16(17)19-15-7-6-12(2)13(3)10-15/h6-7,10,14,20H,4-5,8-9,11H2,1-3H3,(H3,17,18,19). The second kappa shape index (κ2) is 8.59. The van der Waals surface area contributed by atoms with Gasteiger partial charge in [0.15, 0.2) is 5.96 Å². The molecule has 0 amide bonds. The van der Waals surface area contributed by atoms with E-state index in [0.29, 0.717) is 18.4 Å². The van der Waals surface area contributed by atoms with Crippen LogP contribution in [-0.2, 0) is 0 Å². The summed E-state index contributed by atoms with van der Waals surface area (Å²) in [6, 6.07) is 6.13. The zero-order valence-electron chi connectivity index (χ0n) is 12.8. The van der Waals surface area contributed by atoms with Crippen LogP contribution in [0.4, 0.5) is 5.69 Å². The maximum Gasteiger partial charge on any atom is 0.193 e. The number of aliphatic hydroxyl groups is 1. The number of anilines is 1. The van der Waals surface area contributed by atoms with Crippen molar-refractivity contribution in [1.82, 2.24) is 0 Å². The van der Waals surface area contributed by atoms with E-state index < -0.39 is 0 Å². The Morgan fingerprint density at radius 3 is 2.65 bits per heavy atom. The van der Waals surface area contributed by atoms with Crippen LogP contribution in [0, 0.1) is 19.8 Å². The summed E-state index contributed by atoms with van der Waals surface area (Å²) in [5.41, 5.74) is 9.36. The summed E-state index contributed by atoms with van der Waals surface area (Å²) in [6.07, 6.45) is 2.96. The van der Waals surface area contributed by atoms with Crippen molar-refractivity contribution in [3.8, 4) is 0 Å². The van der Waals surface area contributed by atoms with E-state index in [0.717, 1.165) is 24.9 Å². The van der Waals surface area contributed by atoms with Crippen molar-refractivity contribution < 1.29 is 5.11 Å². The lowest BCUT2D eigenvalue weighted by molar-refractivity contribution is 0.253. The van der Waals surface area contributed by atoms with Gasteiger partial charge in [-0.1, -0.05) is 19.4 Å². The van der Waals surface area contributed by atoms with E-state index in [9.17, 15) is 0 Å². The Kier molecular flexibility index (Phi) is 7.09. The number of aliphatic imine (C=N–C) groups is 1. The minimum absolute atomic E-state index is 0.213. The molecule has 1 rings (SSSR count). The molecule has 112 valence electrons. The molecule has 20 heavy (non-hydrogen) atoms. The predicted molar refractivity (Wildman–Crippen MR) is 86.1 cm³/mol. The molecule has 0 bridgehead atoms. The second-order valence-electron chi connectivity index (χ2n) is 5.32. The third-order valence-corrected chi connectivity index (χ3v) is 3.53. The van der Waals surface area contributed by atoms with Crippen LogP contribution in [0.5, 0.6) is 0 Å². The monoisotopic (exact) mass is 277 g/mol. The highest BCUT2D eigenvalue weighted by Crippen LogP contribution is 2.14. The number of guanidine groups is 1. The van der Waals surface area contributed by atoms with Crippen molar-refractivity contribution in [3.05, 3.63) is 29.3 Å². The molecule has 1 aromatic rings. The minimum Gasteiger partial charge on any atom is -0.396 e. The Bertz CT molecular complexity index is 437. The quantitative estimate of drug-likeness (QED) is 0.530. The molecule has 0 aliphatic heterocycles. The molecule has 0 radical (unpaired) electrons. The first-order chi connectivity index (χ1) is 9.56. The third-order valence-electron chi connectivity index (χ3n) is 3.53. The lowest BCUT2D eigenvalue weighted by atomic mass is 10.0. The molecule has 0 heterocycles. The second-order valence-corrected chi connectivity index (χ2v) is 5.32. The minimum atomic E-state index is 0.213. The molecule has 0 aliphatic carbocycles. The third kappa shape index (κ3) is 5.61. The van der Waals surface area contributed by atoms with Crippen LogP contribution in [0.25, 0.3) is 0 Å². The Labute approximate surface area is 122 Å². The van der Waals surface area contributed by atoms with Gasteiger partial charge in [-0.25, -0.2) is 0 Å². The maximum atomic E-state index is 9.02. The Hall–Kier alpha value is -1.55. The summed E-state index contributed by atoms with van der Waals surface area (Å²) in [5, 5.41) is 12.1. The van der Waals surface area contributed by atoms with Crippen LogP contribution >= 0.6 is 0 Å². The average Bonchev–Trinajstić information content (AvgIpc) is 2.41. The molecule has 1 aromatic carbocycles. The summed E-state index contributed by atoms with van der Waals surface area (Å²) in [4.78, 5) is 4.38. The van der Waals surface area contributed by atoms with Crippen molar-refractivity contribution >= 4 is 11.6 Å². The molecule has 4 N–H and O–H groups in total. The number of rotatable bonds is 7. The van der Waals surface area contributed by atoms with Crippen LogP contribution in [0.15, 0.2) is 23.2 Å². The molecule has 1 atom stereocenters. The largest absolute Gasteiger partial charge is 0.396 e. The zero-order valence-corrected chi connectivity index (χ0v) is 12.8. The highest BCUT2D eigenvalue weighted by atomic mass is 16.3. The van der Waals surface area contributed by atoms with Crippen LogP contribution in [0.1, 0.15) is 37.3 Å². The van der Waals surface area contributed by atoms with Crippen LogP contribution < -0.4 is 11.1 Å². The van der Waals surface area contributed by atoms with E-state index in [-0.39, 0.29) is 6.61 Å². The number of nitrogens with zero attached hydrogens (tertiary/aromatic N) is 1. The number of aryl methyl sites for hydroxylation is 2. The van der Waals surface area contributed by atoms with Crippen molar-refractivity contribution in [2.24, 2.45) is 16.6 Å². The summed E-state index contributed by atoms with van der Waals surface area (Å²) in [5.74, 6) is 0.845. The van der Waals surface area contributed by atoms with Gasteiger partial charge in [-0.2, -0.15) is 0 Å².